The maximum atomic E-state index is 13.4. The summed E-state index contributed by atoms with van der Waals surface area (Å²) in [5.41, 5.74) is 2.89. The standard InChI is InChI=1S/C20H20FN3O2/c1-12-8-18(25)19(23-10-12)20(26)24-6-4-13(5-7-24)16-11-22-17-9-14(21)2-3-15(16)17/h2-3,8-11,13,22,25H,4-7H2,1H3. The number of aryl methyl sites for hydroxylation is 1. The van der Waals surface area contributed by atoms with Crippen molar-refractivity contribution in [2.75, 3.05) is 13.1 Å². The average Bonchev–Trinajstić information content (AvgIpc) is 3.04. The van der Waals surface area contributed by atoms with Crippen LogP contribution < -0.4 is 0 Å². The third-order valence-corrected chi connectivity index (χ3v) is 5.10. The number of carbonyl (C=O) groups is 1. The number of aromatic hydroxyl groups is 1. The Bertz CT molecular complexity index is 974. The Morgan fingerprint density at radius 3 is 2.81 bits per heavy atom. The van der Waals surface area contributed by atoms with Gasteiger partial charge >= 0.3 is 0 Å². The van der Waals surface area contributed by atoms with Crippen LogP contribution in [0.3, 0.4) is 0 Å². The fraction of sp³-hybridized carbons (Fsp3) is 0.300. The van der Waals surface area contributed by atoms with Crippen LogP contribution in [-0.2, 0) is 0 Å². The van der Waals surface area contributed by atoms with Gasteiger partial charge in [-0.15, -0.1) is 0 Å². The highest BCUT2D eigenvalue weighted by atomic mass is 19.1. The second-order valence-corrected chi connectivity index (χ2v) is 6.88. The predicted molar refractivity (Wildman–Crippen MR) is 96.8 cm³/mol. The van der Waals surface area contributed by atoms with Crippen LogP contribution in [0.4, 0.5) is 4.39 Å². The molecule has 0 aliphatic carbocycles. The van der Waals surface area contributed by atoms with Gasteiger partial charge in [-0.2, -0.15) is 0 Å². The number of amides is 1. The van der Waals surface area contributed by atoms with Crippen LogP contribution in [0.25, 0.3) is 10.9 Å². The Balaban J connectivity index is 1.49. The zero-order chi connectivity index (χ0) is 18.3. The smallest absolute Gasteiger partial charge is 0.276 e. The Labute approximate surface area is 150 Å². The van der Waals surface area contributed by atoms with Crippen molar-refractivity contribution >= 4 is 16.8 Å². The van der Waals surface area contributed by atoms with E-state index >= 15 is 0 Å². The Morgan fingerprint density at radius 2 is 2.08 bits per heavy atom. The summed E-state index contributed by atoms with van der Waals surface area (Å²) in [6.45, 7) is 3.03. The van der Waals surface area contributed by atoms with Gasteiger partial charge in [0.25, 0.3) is 5.91 Å². The van der Waals surface area contributed by atoms with Crippen molar-refractivity contribution in [2.24, 2.45) is 0 Å². The maximum Gasteiger partial charge on any atom is 0.276 e. The molecule has 1 aromatic carbocycles. The van der Waals surface area contributed by atoms with Crippen LogP contribution in [-0.4, -0.2) is 39.0 Å². The number of likely N-dealkylation sites (tertiary alicyclic amines) is 1. The van der Waals surface area contributed by atoms with Gasteiger partial charge in [0.1, 0.15) is 11.6 Å². The van der Waals surface area contributed by atoms with Crippen LogP contribution in [0, 0.1) is 12.7 Å². The molecule has 2 N–H and O–H groups in total. The van der Waals surface area contributed by atoms with Crippen molar-refractivity contribution < 1.29 is 14.3 Å². The summed E-state index contributed by atoms with van der Waals surface area (Å²) in [5, 5.41) is 11.0. The van der Waals surface area contributed by atoms with E-state index in [1.54, 1.807) is 17.2 Å². The monoisotopic (exact) mass is 353 g/mol. The quantitative estimate of drug-likeness (QED) is 0.737. The van der Waals surface area contributed by atoms with Gasteiger partial charge in [0.05, 0.1) is 0 Å². The molecule has 0 unspecified atom stereocenters. The predicted octanol–water partition coefficient (Wildman–Crippen LogP) is 3.74. The molecule has 4 rings (SSSR count). The number of hydrogen-bond acceptors (Lipinski definition) is 3. The lowest BCUT2D eigenvalue weighted by Gasteiger charge is -2.32. The maximum absolute atomic E-state index is 13.4. The summed E-state index contributed by atoms with van der Waals surface area (Å²) < 4.78 is 13.4. The molecule has 5 nitrogen and oxygen atoms in total. The third kappa shape index (κ3) is 2.92. The number of rotatable bonds is 2. The number of benzene rings is 1. The van der Waals surface area contributed by atoms with Crippen molar-refractivity contribution in [2.45, 2.75) is 25.7 Å². The number of piperidine rings is 1. The molecule has 0 atom stereocenters. The molecular formula is C20H20FN3O2. The summed E-state index contributed by atoms with van der Waals surface area (Å²) in [6, 6.07) is 6.34. The van der Waals surface area contributed by atoms with Gasteiger partial charge in [-0.05, 0) is 61.1 Å². The summed E-state index contributed by atoms with van der Waals surface area (Å²) in [6.07, 6.45) is 5.18. The lowest BCUT2D eigenvalue weighted by molar-refractivity contribution is 0.0704. The van der Waals surface area contributed by atoms with Gasteiger partial charge in [0.2, 0.25) is 0 Å². The molecule has 1 aliphatic rings. The molecule has 3 aromatic rings. The molecule has 1 fully saturated rings. The first-order valence-corrected chi connectivity index (χ1v) is 8.74. The van der Waals surface area contributed by atoms with E-state index in [0.29, 0.717) is 19.0 Å². The van der Waals surface area contributed by atoms with Crippen LogP contribution in [0.2, 0.25) is 0 Å². The largest absolute Gasteiger partial charge is 0.505 e. The van der Waals surface area contributed by atoms with E-state index in [1.165, 1.54) is 17.7 Å². The molecule has 1 aliphatic heterocycles. The minimum Gasteiger partial charge on any atom is -0.505 e. The molecule has 26 heavy (non-hydrogen) atoms. The van der Waals surface area contributed by atoms with E-state index in [-0.39, 0.29) is 23.2 Å². The van der Waals surface area contributed by atoms with Crippen molar-refractivity contribution in [1.29, 1.82) is 0 Å². The number of nitrogens with zero attached hydrogens (tertiary/aromatic N) is 2. The van der Waals surface area contributed by atoms with Crippen molar-refractivity contribution in [3.8, 4) is 5.75 Å². The van der Waals surface area contributed by atoms with E-state index in [9.17, 15) is 14.3 Å². The first kappa shape index (κ1) is 16.6. The Morgan fingerprint density at radius 1 is 1.31 bits per heavy atom. The molecular weight excluding hydrogens is 333 g/mol. The summed E-state index contributed by atoms with van der Waals surface area (Å²) in [5.74, 6) is -0.243. The Kier molecular flexibility index (Phi) is 4.11. The number of aromatic amines is 1. The van der Waals surface area contributed by atoms with Gasteiger partial charge in [-0.3, -0.25) is 4.79 Å². The summed E-state index contributed by atoms with van der Waals surface area (Å²) in [4.78, 5) is 21.6. The molecule has 0 bridgehead atoms. The van der Waals surface area contributed by atoms with Gasteiger partial charge in [0.15, 0.2) is 5.69 Å². The second-order valence-electron chi connectivity index (χ2n) is 6.88. The summed E-state index contributed by atoms with van der Waals surface area (Å²) >= 11 is 0. The molecule has 6 heteroatoms. The zero-order valence-electron chi connectivity index (χ0n) is 14.5. The van der Waals surface area contributed by atoms with Crippen LogP contribution in [0.15, 0.2) is 36.7 Å². The SMILES string of the molecule is Cc1cnc(C(=O)N2CCC(c3c[nH]c4cc(F)ccc34)CC2)c(O)c1. The van der Waals surface area contributed by atoms with Crippen molar-refractivity contribution in [3.63, 3.8) is 0 Å². The number of pyridine rings is 1. The second kappa shape index (κ2) is 6.44. The van der Waals surface area contributed by atoms with Crippen LogP contribution in [0.1, 0.15) is 40.4 Å². The molecule has 0 spiro atoms. The van der Waals surface area contributed by atoms with Crippen LogP contribution >= 0.6 is 0 Å². The van der Waals surface area contributed by atoms with E-state index in [4.69, 9.17) is 0 Å². The molecule has 0 radical (unpaired) electrons. The minimum atomic E-state index is -0.253. The number of H-pyrrole nitrogens is 1. The number of carbonyl (C=O) groups excluding carboxylic acids is 1. The highest BCUT2D eigenvalue weighted by molar-refractivity contribution is 5.95. The topological polar surface area (TPSA) is 69.2 Å². The van der Waals surface area contributed by atoms with Gasteiger partial charge < -0.3 is 15.0 Å². The number of halogens is 1. The van der Waals surface area contributed by atoms with E-state index in [2.05, 4.69) is 9.97 Å². The molecule has 1 saturated heterocycles. The third-order valence-electron chi connectivity index (χ3n) is 5.10. The Hall–Kier alpha value is -2.89. The highest BCUT2D eigenvalue weighted by Gasteiger charge is 2.28. The minimum absolute atomic E-state index is 0.0734. The first-order valence-electron chi connectivity index (χ1n) is 8.74. The molecule has 1 amide bonds. The van der Waals surface area contributed by atoms with Gasteiger partial charge in [0, 0.05) is 36.4 Å². The highest BCUT2D eigenvalue weighted by Crippen LogP contribution is 2.34. The fourth-order valence-electron chi connectivity index (χ4n) is 3.72. The number of hydrogen-bond donors (Lipinski definition) is 2. The van der Waals surface area contributed by atoms with Crippen molar-refractivity contribution in [3.05, 3.63) is 59.3 Å². The van der Waals surface area contributed by atoms with E-state index in [1.807, 2.05) is 19.2 Å². The lowest BCUT2D eigenvalue weighted by Crippen LogP contribution is -2.38. The van der Waals surface area contributed by atoms with Gasteiger partial charge in [-0.25, -0.2) is 9.37 Å². The molecule has 3 heterocycles. The summed E-state index contributed by atoms with van der Waals surface area (Å²) in [7, 11) is 0. The van der Waals surface area contributed by atoms with E-state index in [0.717, 1.165) is 29.3 Å². The number of fused-ring (bicyclic) bond motifs is 1. The number of aromatic nitrogens is 2. The van der Waals surface area contributed by atoms with Gasteiger partial charge in [-0.1, -0.05) is 0 Å². The zero-order valence-corrected chi connectivity index (χ0v) is 14.5. The molecule has 2 aromatic heterocycles. The lowest BCUT2D eigenvalue weighted by atomic mass is 9.89. The normalized spacial score (nSPS) is 15.5. The average molecular weight is 353 g/mol. The van der Waals surface area contributed by atoms with Crippen molar-refractivity contribution in [1.82, 2.24) is 14.9 Å². The van der Waals surface area contributed by atoms with E-state index < -0.39 is 0 Å². The fourth-order valence-corrected chi connectivity index (χ4v) is 3.72. The van der Waals surface area contributed by atoms with Crippen LogP contribution in [0.5, 0.6) is 5.75 Å². The molecule has 0 saturated carbocycles. The molecule has 134 valence electrons. The number of nitrogens with one attached hydrogen (secondary N) is 1. The first-order chi connectivity index (χ1) is 12.5.